The summed E-state index contributed by atoms with van der Waals surface area (Å²) >= 11 is 0. The Hall–Kier alpha value is -1.12. The lowest BCUT2D eigenvalue weighted by Gasteiger charge is -2.30. The molecule has 0 N–H and O–H groups in total. The second-order valence-corrected chi connectivity index (χ2v) is 13.9. The number of fused-ring (bicyclic) bond motifs is 1. The summed E-state index contributed by atoms with van der Waals surface area (Å²) in [7, 11) is 0. The van der Waals surface area contributed by atoms with Gasteiger partial charge in [0.05, 0.1) is 12.2 Å². The van der Waals surface area contributed by atoms with Gasteiger partial charge in [0.15, 0.2) is 5.79 Å². The molecule has 1 heterocycles. The van der Waals surface area contributed by atoms with E-state index in [0.717, 1.165) is 31.6 Å². The first-order valence-corrected chi connectivity index (χ1v) is 19.7. The summed E-state index contributed by atoms with van der Waals surface area (Å²) in [6, 6.07) is 0. The van der Waals surface area contributed by atoms with Gasteiger partial charge in [-0.15, -0.1) is 0 Å². The molecular formula is C42H74O2. The van der Waals surface area contributed by atoms with Crippen LogP contribution >= 0.6 is 0 Å². The first kappa shape index (κ1) is 39.1. The lowest BCUT2D eigenvalue weighted by Crippen LogP contribution is -2.32. The summed E-state index contributed by atoms with van der Waals surface area (Å²) in [6.07, 6.45) is 53.8. The van der Waals surface area contributed by atoms with Gasteiger partial charge < -0.3 is 9.47 Å². The molecule has 2 fully saturated rings. The molecule has 0 spiro atoms. The Balaban J connectivity index is 1.54. The maximum atomic E-state index is 6.80. The molecule has 2 aliphatic rings. The van der Waals surface area contributed by atoms with Gasteiger partial charge in [0.1, 0.15) is 0 Å². The Morgan fingerprint density at radius 1 is 0.455 bits per heavy atom. The Morgan fingerprint density at radius 3 is 1.20 bits per heavy atom. The molecule has 0 aromatic heterocycles. The van der Waals surface area contributed by atoms with Crippen LogP contribution in [0.5, 0.6) is 0 Å². The first-order chi connectivity index (χ1) is 21.7. The Bertz CT molecular complexity index is 700. The van der Waals surface area contributed by atoms with Gasteiger partial charge in [-0.25, -0.2) is 0 Å². The van der Waals surface area contributed by atoms with Crippen LogP contribution < -0.4 is 0 Å². The standard InChI is InChI=1S/C42H74O2/c1-4-7-9-11-13-15-17-19-21-23-25-27-29-31-33-35-42(43-40-37-39(6-3)38-41(40)44-42)36-34-32-30-28-26-24-22-20-18-16-14-12-10-8-5-2/h11-14,17-20,39-41H,4-10,15-16,21-38H2,1-3H3/b13-11-,14-12-,19-17-,20-18-/t40-,41-/m1/s1. The van der Waals surface area contributed by atoms with Crippen LogP contribution in [0.3, 0.4) is 0 Å². The minimum atomic E-state index is -0.278. The Morgan fingerprint density at radius 2 is 0.818 bits per heavy atom. The zero-order valence-corrected chi connectivity index (χ0v) is 29.8. The SMILES string of the molecule is CCCC/C=C\C/C=C\CCCCCCCCC1(CCCCCCCC/C=C\C/C=C\CCCC)O[C@@H]2CC(CC)C[C@H]2O1. The van der Waals surface area contributed by atoms with Crippen molar-refractivity contribution in [1.82, 2.24) is 0 Å². The van der Waals surface area contributed by atoms with Gasteiger partial charge in [0.25, 0.3) is 0 Å². The molecule has 1 saturated heterocycles. The average molecular weight is 611 g/mol. The number of hydrogen-bond donors (Lipinski definition) is 0. The van der Waals surface area contributed by atoms with E-state index in [-0.39, 0.29) is 5.79 Å². The maximum Gasteiger partial charge on any atom is 0.169 e. The molecule has 2 nitrogen and oxygen atoms in total. The van der Waals surface area contributed by atoms with E-state index < -0.39 is 0 Å². The molecule has 2 atom stereocenters. The molecule has 0 bridgehead atoms. The molecule has 254 valence electrons. The van der Waals surface area contributed by atoms with Gasteiger partial charge >= 0.3 is 0 Å². The van der Waals surface area contributed by atoms with E-state index in [1.165, 1.54) is 148 Å². The summed E-state index contributed by atoms with van der Waals surface area (Å²) in [6.45, 7) is 6.84. The minimum absolute atomic E-state index is 0.278. The van der Waals surface area contributed by atoms with Crippen LogP contribution in [0.2, 0.25) is 0 Å². The summed E-state index contributed by atoms with van der Waals surface area (Å²) in [4.78, 5) is 0. The van der Waals surface area contributed by atoms with E-state index in [1.54, 1.807) is 0 Å². The summed E-state index contributed by atoms with van der Waals surface area (Å²) in [5.74, 6) is 0.525. The van der Waals surface area contributed by atoms with Gasteiger partial charge in [-0.05, 0) is 83.0 Å². The van der Waals surface area contributed by atoms with Crippen LogP contribution in [0.4, 0.5) is 0 Å². The fourth-order valence-electron chi connectivity index (χ4n) is 6.96. The monoisotopic (exact) mass is 611 g/mol. The molecule has 2 rings (SSSR count). The van der Waals surface area contributed by atoms with Crippen LogP contribution in [0.15, 0.2) is 48.6 Å². The van der Waals surface area contributed by atoms with Crippen LogP contribution in [0.1, 0.15) is 194 Å². The van der Waals surface area contributed by atoms with Crippen LogP contribution in [-0.4, -0.2) is 18.0 Å². The molecule has 44 heavy (non-hydrogen) atoms. The predicted octanol–water partition coefficient (Wildman–Crippen LogP) is 13.9. The highest BCUT2D eigenvalue weighted by Crippen LogP contribution is 2.46. The van der Waals surface area contributed by atoms with Gasteiger partial charge in [0, 0.05) is 12.8 Å². The molecule has 0 aromatic rings. The van der Waals surface area contributed by atoms with E-state index >= 15 is 0 Å². The van der Waals surface area contributed by atoms with Crippen LogP contribution in [0, 0.1) is 5.92 Å². The van der Waals surface area contributed by atoms with Crippen molar-refractivity contribution in [1.29, 1.82) is 0 Å². The topological polar surface area (TPSA) is 18.5 Å². The van der Waals surface area contributed by atoms with Crippen molar-refractivity contribution in [2.24, 2.45) is 5.92 Å². The van der Waals surface area contributed by atoms with Gasteiger partial charge in [-0.2, -0.15) is 0 Å². The Labute approximate surface area is 275 Å². The second-order valence-electron chi connectivity index (χ2n) is 13.9. The normalized spacial score (nSPS) is 20.4. The van der Waals surface area contributed by atoms with Crippen molar-refractivity contribution in [3.8, 4) is 0 Å². The molecule has 0 amide bonds. The third-order valence-electron chi connectivity index (χ3n) is 9.87. The first-order valence-electron chi connectivity index (χ1n) is 19.7. The second kappa shape index (κ2) is 27.0. The lowest BCUT2D eigenvalue weighted by molar-refractivity contribution is -0.192. The zero-order chi connectivity index (χ0) is 31.4. The average Bonchev–Trinajstić information content (AvgIpc) is 3.57. The van der Waals surface area contributed by atoms with Crippen molar-refractivity contribution in [2.75, 3.05) is 0 Å². The van der Waals surface area contributed by atoms with E-state index in [0.29, 0.717) is 12.2 Å². The maximum absolute atomic E-state index is 6.80. The van der Waals surface area contributed by atoms with E-state index in [2.05, 4.69) is 69.4 Å². The highest BCUT2D eigenvalue weighted by Gasteiger charge is 2.50. The van der Waals surface area contributed by atoms with Crippen molar-refractivity contribution >= 4 is 0 Å². The van der Waals surface area contributed by atoms with Crippen molar-refractivity contribution in [2.45, 2.75) is 212 Å². The van der Waals surface area contributed by atoms with Gasteiger partial charge in [-0.3, -0.25) is 0 Å². The molecule has 1 aliphatic carbocycles. The molecule has 0 unspecified atom stereocenters. The minimum Gasteiger partial charge on any atom is -0.344 e. The molecule has 1 saturated carbocycles. The fraction of sp³-hybridized carbons (Fsp3) is 0.810. The van der Waals surface area contributed by atoms with Crippen LogP contribution in [0.25, 0.3) is 0 Å². The third kappa shape index (κ3) is 18.8. The highest BCUT2D eigenvalue weighted by atomic mass is 16.8. The van der Waals surface area contributed by atoms with E-state index in [4.69, 9.17) is 9.47 Å². The van der Waals surface area contributed by atoms with Gasteiger partial charge in [0.2, 0.25) is 0 Å². The largest absolute Gasteiger partial charge is 0.344 e. The summed E-state index contributed by atoms with van der Waals surface area (Å²) < 4.78 is 13.6. The van der Waals surface area contributed by atoms with Crippen LogP contribution in [-0.2, 0) is 9.47 Å². The predicted molar refractivity (Wildman–Crippen MR) is 194 cm³/mol. The number of ether oxygens (including phenoxy) is 2. The Kier molecular flexibility index (Phi) is 24.0. The number of unbranched alkanes of at least 4 members (excludes halogenated alkanes) is 16. The quantitative estimate of drug-likeness (QED) is 0.0619. The number of allylic oxidation sites excluding steroid dienone is 8. The zero-order valence-electron chi connectivity index (χ0n) is 29.8. The summed E-state index contributed by atoms with van der Waals surface area (Å²) in [5, 5.41) is 0. The van der Waals surface area contributed by atoms with Crippen molar-refractivity contribution in [3.05, 3.63) is 48.6 Å². The fourth-order valence-corrected chi connectivity index (χ4v) is 6.96. The van der Waals surface area contributed by atoms with E-state index in [1.807, 2.05) is 0 Å². The third-order valence-corrected chi connectivity index (χ3v) is 9.87. The highest BCUT2D eigenvalue weighted by molar-refractivity contribution is 4.95. The van der Waals surface area contributed by atoms with Gasteiger partial charge in [-0.1, -0.05) is 153 Å². The van der Waals surface area contributed by atoms with E-state index in [9.17, 15) is 0 Å². The number of hydrogen-bond acceptors (Lipinski definition) is 2. The molecule has 0 radical (unpaired) electrons. The molecule has 0 aromatic carbocycles. The number of rotatable bonds is 29. The summed E-state index contributed by atoms with van der Waals surface area (Å²) in [5.41, 5.74) is 0. The molecule has 2 heteroatoms. The lowest BCUT2D eigenvalue weighted by atomic mass is 9.98. The molecule has 1 aliphatic heterocycles. The van der Waals surface area contributed by atoms with Crippen molar-refractivity contribution < 1.29 is 9.47 Å². The smallest absolute Gasteiger partial charge is 0.169 e. The molecular weight excluding hydrogens is 536 g/mol. The van der Waals surface area contributed by atoms with Crippen molar-refractivity contribution in [3.63, 3.8) is 0 Å².